The molecule has 0 saturated heterocycles. The average molecular weight is 175 g/mol. The standard InChI is InChI=1S/C9H21NO2/c1-4-11-5-6-12-8-9(2,3)7-10/h4-8,10H2,1-3H3. The van der Waals surface area contributed by atoms with E-state index in [-0.39, 0.29) is 5.41 Å². The molecule has 0 unspecified atom stereocenters. The summed E-state index contributed by atoms with van der Waals surface area (Å²) in [5.41, 5.74) is 5.63. The summed E-state index contributed by atoms with van der Waals surface area (Å²) in [6, 6.07) is 0. The Morgan fingerprint density at radius 2 is 1.75 bits per heavy atom. The average Bonchev–Trinajstić information content (AvgIpc) is 2.04. The molecular weight excluding hydrogens is 154 g/mol. The third-order valence-electron chi connectivity index (χ3n) is 1.62. The Hall–Kier alpha value is -0.120. The van der Waals surface area contributed by atoms with E-state index in [0.29, 0.717) is 26.4 Å². The van der Waals surface area contributed by atoms with Crippen LogP contribution in [0.15, 0.2) is 0 Å². The van der Waals surface area contributed by atoms with Crippen molar-refractivity contribution in [2.45, 2.75) is 20.8 Å². The topological polar surface area (TPSA) is 44.5 Å². The molecule has 0 fully saturated rings. The van der Waals surface area contributed by atoms with E-state index in [1.807, 2.05) is 6.92 Å². The Kier molecular flexibility index (Phi) is 6.34. The van der Waals surface area contributed by atoms with Crippen molar-refractivity contribution >= 4 is 0 Å². The van der Waals surface area contributed by atoms with Crippen LogP contribution in [0.2, 0.25) is 0 Å². The fourth-order valence-electron chi connectivity index (χ4n) is 0.670. The molecule has 2 N–H and O–H groups in total. The highest BCUT2D eigenvalue weighted by atomic mass is 16.5. The second-order valence-electron chi connectivity index (χ2n) is 3.62. The molecule has 0 aliphatic rings. The molecule has 0 radical (unpaired) electrons. The number of nitrogens with two attached hydrogens (primary N) is 1. The van der Waals surface area contributed by atoms with E-state index in [0.717, 1.165) is 6.61 Å². The van der Waals surface area contributed by atoms with Crippen LogP contribution in [0.25, 0.3) is 0 Å². The zero-order chi connectivity index (χ0) is 9.45. The SMILES string of the molecule is CCOCCOCC(C)(C)CN. The van der Waals surface area contributed by atoms with Crippen LogP contribution < -0.4 is 5.73 Å². The van der Waals surface area contributed by atoms with Crippen molar-refractivity contribution in [1.82, 2.24) is 0 Å². The molecule has 0 aromatic carbocycles. The lowest BCUT2D eigenvalue weighted by Crippen LogP contribution is -2.29. The monoisotopic (exact) mass is 175 g/mol. The molecule has 0 saturated carbocycles. The molecule has 0 bridgehead atoms. The first-order valence-corrected chi connectivity index (χ1v) is 4.48. The molecule has 0 spiro atoms. The molecule has 74 valence electrons. The van der Waals surface area contributed by atoms with E-state index in [1.54, 1.807) is 0 Å². The highest BCUT2D eigenvalue weighted by Gasteiger charge is 2.14. The van der Waals surface area contributed by atoms with E-state index in [2.05, 4.69) is 13.8 Å². The fourth-order valence-corrected chi connectivity index (χ4v) is 0.670. The first-order valence-electron chi connectivity index (χ1n) is 4.48. The van der Waals surface area contributed by atoms with Gasteiger partial charge in [0.25, 0.3) is 0 Å². The molecule has 3 nitrogen and oxygen atoms in total. The molecule has 0 heterocycles. The maximum Gasteiger partial charge on any atom is 0.0700 e. The molecule has 0 aromatic rings. The summed E-state index contributed by atoms with van der Waals surface area (Å²) in [5, 5.41) is 0. The number of hydrogen-bond acceptors (Lipinski definition) is 3. The van der Waals surface area contributed by atoms with Gasteiger partial charge in [0, 0.05) is 12.0 Å². The van der Waals surface area contributed by atoms with Gasteiger partial charge < -0.3 is 15.2 Å². The summed E-state index contributed by atoms with van der Waals surface area (Å²) in [6.45, 7) is 9.61. The molecule has 3 heteroatoms. The summed E-state index contributed by atoms with van der Waals surface area (Å²) >= 11 is 0. The zero-order valence-corrected chi connectivity index (χ0v) is 8.43. The van der Waals surface area contributed by atoms with E-state index in [9.17, 15) is 0 Å². The van der Waals surface area contributed by atoms with Crippen molar-refractivity contribution in [2.24, 2.45) is 11.1 Å². The molecule has 0 rings (SSSR count). The molecule has 0 aromatic heterocycles. The Morgan fingerprint density at radius 1 is 1.17 bits per heavy atom. The Balaban J connectivity index is 3.19. The molecule has 0 atom stereocenters. The van der Waals surface area contributed by atoms with E-state index < -0.39 is 0 Å². The second kappa shape index (κ2) is 6.40. The number of rotatable bonds is 7. The van der Waals surface area contributed by atoms with Crippen LogP contribution in [0.5, 0.6) is 0 Å². The molecular formula is C9H21NO2. The van der Waals surface area contributed by atoms with Gasteiger partial charge in [-0.2, -0.15) is 0 Å². The zero-order valence-electron chi connectivity index (χ0n) is 8.43. The second-order valence-corrected chi connectivity index (χ2v) is 3.62. The summed E-state index contributed by atoms with van der Waals surface area (Å²) in [4.78, 5) is 0. The lowest BCUT2D eigenvalue weighted by Gasteiger charge is -2.21. The van der Waals surface area contributed by atoms with Crippen molar-refractivity contribution in [3.8, 4) is 0 Å². The van der Waals surface area contributed by atoms with Crippen LogP contribution in [0.1, 0.15) is 20.8 Å². The predicted octanol–water partition coefficient (Wildman–Crippen LogP) is 1.02. The first-order chi connectivity index (χ1) is 5.62. The minimum Gasteiger partial charge on any atom is -0.379 e. The van der Waals surface area contributed by atoms with Gasteiger partial charge in [-0.25, -0.2) is 0 Å². The minimum atomic E-state index is 0.0895. The normalized spacial score (nSPS) is 12.0. The Bertz CT molecular complexity index is 105. The fraction of sp³-hybridized carbons (Fsp3) is 1.00. The van der Waals surface area contributed by atoms with Gasteiger partial charge in [0.1, 0.15) is 0 Å². The Labute approximate surface area is 75.2 Å². The van der Waals surface area contributed by atoms with Crippen LogP contribution in [-0.4, -0.2) is 33.0 Å². The predicted molar refractivity (Wildman–Crippen MR) is 50.1 cm³/mol. The van der Waals surface area contributed by atoms with Crippen LogP contribution in [-0.2, 0) is 9.47 Å². The van der Waals surface area contributed by atoms with Crippen molar-refractivity contribution in [1.29, 1.82) is 0 Å². The molecule has 0 aliphatic carbocycles. The van der Waals surface area contributed by atoms with Gasteiger partial charge in [0.2, 0.25) is 0 Å². The largest absolute Gasteiger partial charge is 0.379 e. The van der Waals surface area contributed by atoms with Gasteiger partial charge in [0.15, 0.2) is 0 Å². The lowest BCUT2D eigenvalue weighted by atomic mass is 9.95. The van der Waals surface area contributed by atoms with E-state index in [4.69, 9.17) is 15.2 Å². The van der Waals surface area contributed by atoms with Crippen LogP contribution in [0.4, 0.5) is 0 Å². The van der Waals surface area contributed by atoms with Gasteiger partial charge in [-0.15, -0.1) is 0 Å². The molecule has 0 aliphatic heterocycles. The van der Waals surface area contributed by atoms with Crippen molar-refractivity contribution in [3.63, 3.8) is 0 Å². The number of hydrogen-bond donors (Lipinski definition) is 1. The smallest absolute Gasteiger partial charge is 0.0700 e. The highest BCUT2D eigenvalue weighted by Crippen LogP contribution is 2.11. The summed E-state index contributed by atoms with van der Waals surface area (Å²) < 4.78 is 10.5. The van der Waals surface area contributed by atoms with Gasteiger partial charge in [-0.1, -0.05) is 13.8 Å². The first kappa shape index (κ1) is 11.9. The quantitative estimate of drug-likeness (QED) is 0.588. The molecule has 12 heavy (non-hydrogen) atoms. The maximum absolute atomic E-state index is 5.54. The van der Waals surface area contributed by atoms with Crippen LogP contribution in [0.3, 0.4) is 0 Å². The van der Waals surface area contributed by atoms with E-state index >= 15 is 0 Å². The van der Waals surface area contributed by atoms with Crippen molar-refractivity contribution in [2.75, 3.05) is 33.0 Å². The number of ether oxygens (including phenoxy) is 2. The van der Waals surface area contributed by atoms with Gasteiger partial charge in [-0.3, -0.25) is 0 Å². The maximum atomic E-state index is 5.54. The summed E-state index contributed by atoms with van der Waals surface area (Å²) in [7, 11) is 0. The van der Waals surface area contributed by atoms with Crippen molar-refractivity contribution < 1.29 is 9.47 Å². The summed E-state index contributed by atoms with van der Waals surface area (Å²) in [6.07, 6.45) is 0. The van der Waals surface area contributed by atoms with Crippen molar-refractivity contribution in [3.05, 3.63) is 0 Å². The van der Waals surface area contributed by atoms with Crippen LogP contribution >= 0.6 is 0 Å². The summed E-state index contributed by atoms with van der Waals surface area (Å²) in [5.74, 6) is 0. The van der Waals surface area contributed by atoms with Crippen LogP contribution in [0, 0.1) is 5.41 Å². The third kappa shape index (κ3) is 6.58. The minimum absolute atomic E-state index is 0.0895. The van der Waals surface area contributed by atoms with Gasteiger partial charge in [0.05, 0.1) is 19.8 Å². The van der Waals surface area contributed by atoms with E-state index in [1.165, 1.54) is 0 Å². The lowest BCUT2D eigenvalue weighted by molar-refractivity contribution is 0.0201. The van der Waals surface area contributed by atoms with Gasteiger partial charge in [-0.05, 0) is 13.5 Å². The Morgan fingerprint density at radius 3 is 2.25 bits per heavy atom. The highest BCUT2D eigenvalue weighted by molar-refractivity contribution is 4.67. The third-order valence-corrected chi connectivity index (χ3v) is 1.62. The van der Waals surface area contributed by atoms with Gasteiger partial charge >= 0.3 is 0 Å². The molecule has 0 amide bonds.